The number of hydrogen-bond acceptors (Lipinski definition) is 4. The Kier molecular flexibility index (Phi) is 4.54. The molecule has 4 nitrogen and oxygen atoms in total. The normalized spacial score (nSPS) is 25.7. The molecule has 0 aliphatic carbocycles. The van der Waals surface area contributed by atoms with Gasteiger partial charge < -0.3 is 14.2 Å². The third kappa shape index (κ3) is 3.06. The van der Waals surface area contributed by atoms with Crippen molar-refractivity contribution in [1.29, 1.82) is 0 Å². The van der Waals surface area contributed by atoms with Crippen molar-refractivity contribution in [3.63, 3.8) is 0 Å². The molecule has 2 heterocycles. The van der Waals surface area contributed by atoms with Gasteiger partial charge in [-0.1, -0.05) is 0 Å². The highest BCUT2D eigenvalue weighted by molar-refractivity contribution is 5.87. The zero-order valence-corrected chi connectivity index (χ0v) is 10.6. The van der Waals surface area contributed by atoms with Crippen molar-refractivity contribution in [2.75, 3.05) is 33.5 Å². The van der Waals surface area contributed by atoms with E-state index < -0.39 is 5.60 Å². The minimum atomic E-state index is -0.573. The highest BCUT2D eigenvalue weighted by Gasteiger charge is 2.40. The van der Waals surface area contributed by atoms with Crippen LogP contribution in [0.1, 0.15) is 32.1 Å². The van der Waals surface area contributed by atoms with Gasteiger partial charge in [-0.05, 0) is 18.8 Å². The summed E-state index contributed by atoms with van der Waals surface area (Å²) in [4.78, 5) is 12.4. The Hall–Kier alpha value is -0.450. The number of rotatable bonds is 4. The molecule has 0 aromatic carbocycles. The second kappa shape index (κ2) is 5.94. The van der Waals surface area contributed by atoms with Crippen LogP contribution in [0.4, 0.5) is 0 Å². The van der Waals surface area contributed by atoms with Gasteiger partial charge in [0.05, 0.1) is 0 Å². The van der Waals surface area contributed by atoms with Crippen LogP contribution in [0.3, 0.4) is 0 Å². The molecule has 0 spiro atoms. The van der Waals surface area contributed by atoms with Crippen molar-refractivity contribution in [1.82, 2.24) is 0 Å². The van der Waals surface area contributed by atoms with Gasteiger partial charge in [-0.2, -0.15) is 0 Å². The van der Waals surface area contributed by atoms with Crippen LogP contribution in [0.5, 0.6) is 0 Å². The van der Waals surface area contributed by atoms with Crippen LogP contribution in [-0.2, 0) is 19.0 Å². The van der Waals surface area contributed by atoms with E-state index in [2.05, 4.69) is 0 Å². The summed E-state index contributed by atoms with van der Waals surface area (Å²) >= 11 is 0. The summed E-state index contributed by atoms with van der Waals surface area (Å²) < 4.78 is 16.2. The molecule has 2 saturated heterocycles. The molecule has 98 valence electrons. The molecule has 0 aromatic rings. The maximum atomic E-state index is 12.4. The molecule has 2 aliphatic heterocycles. The van der Waals surface area contributed by atoms with Crippen LogP contribution in [-0.4, -0.2) is 44.9 Å². The largest absolute Gasteiger partial charge is 0.381 e. The maximum Gasteiger partial charge on any atom is 0.165 e. The molecule has 0 radical (unpaired) electrons. The van der Waals surface area contributed by atoms with Crippen LogP contribution in [0.2, 0.25) is 0 Å². The number of methoxy groups -OCH3 is 1. The molecule has 0 aromatic heterocycles. The van der Waals surface area contributed by atoms with Crippen LogP contribution in [0.25, 0.3) is 0 Å². The Balaban J connectivity index is 1.91. The first-order valence-corrected chi connectivity index (χ1v) is 6.51. The zero-order valence-electron chi connectivity index (χ0n) is 10.6. The fourth-order valence-corrected chi connectivity index (χ4v) is 2.70. The topological polar surface area (TPSA) is 44.8 Å². The smallest absolute Gasteiger partial charge is 0.165 e. The van der Waals surface area contributed by atoms with Crippen molar-refractivity contribution < 1.29 is 19.0 Å². The van der Waals surface area contributed by atoms with Crippen LogP contribution in [0, 0.1) is 5.92 Å². The first-order chi connectivity index (χ1) is 8.27. The van der Waals surface area contributed by atoms with Crippen molar-refractivity contribution in [2.24, 2.45) is 5.92 Å². The van der Waals surface area contributed by atoms with Crippen LogP contribution in [0.15, 0.2) is 0 Å². The lowest BCUT2D eigenvalue weighted by molar-refractivity contribution is -0.154. The number of ketones is 1. The third-order valence-electron chi connectivity index (χ3n) is 4.01. The summed E-state index contributed by atoms with van der Waals surface area (Å²) in [7, 11) is 1.65. The van der Waals surface area contributed by atoms with Gasteiger partial charge in [0.2, 0.25) is 0 Å². The molecule has 2 rings (SSSR count). The fraction of sp³-hybridized carbons (Fsp3) is 0.923. The molecule has 2 fully saturated rings. The maximum absolute atomic E-state index is 12.4. The molecule has 0 amide bonds. The highest BCUT2D eigenvalue weighted by atomic mass is 16.5. The van der Waals surface area contributed by atoms with Gasteiger partial charge in [-0.3, -0.25) is 4.79 Å². The molecule has 17 heavy (non-hydrogen) atoms. The number of Topliss-reactive ketones (excluding diaryl/α,β-unsaturated/α-hetero) is 1. The average Bonchev–Trinajstić information content (AvgIpc) is 2.40. The first-order valence-electron chi connectivity index (χ1n) is 6.51. The number of hydrogen-bond donors (Lipinski definition) is 0. The number of carbonyl (C=O) groups is 1. The Morgan fingerprint density at radius 3 is 2.35 bits per heavy atom. The van der Waals surface area contributed by atoms with Gasteiger partial charge in [0.25, 0.3) is 0 Å². The van der Waals surface area contributed by atoms with Crippen LogP contribution >= 0.6 is 0 Å². The van der Waals surface area contributed by atoms with Gasteiger partial charge in [0.1, 0.15) is 5.60 Å². The molecule has 0 unspecified atom stereocenters. The second-order valence-corrected chi connectivity index (χ2v) is 4.99. The van der Waals surface area contributed by atoms with E-state index in [-0.39, 0.29) is 5.78 Å². The summed E-state index contributed by atoms with van der Waals surface area (Å²) in [6.07, 6.45) is 4.04. The van der Waals surface area contributed by atoms with Gasteiger partial charge in [-0.15, -0.1) is 0 Å². The zero-order chi connectivity index (χ0) is 12.1. The van der Waals surface area contributed by atoms with E-state index >= 15 is 0 Å². The predicted molar refractivity (Wildman–Crippen MR) is 63.0 cm³/mol. The summed E-state index contributed by atoms with van der Waals surface area (Å²) in [6, 6.07) is 0. The molecule has 4 heteroatoms. The van der Waals surface area contributed by atoms with Crippen LogP contribution < -0.4 is 0 Å². The van der Waals surface area contributed by atoms with Gasteiger partial charge in [0, 0.05) is 52.8 Å². The van der Waals surface area contributed by atoms with E-state index in [0.717, 1.165) is 26.1 Å². The van der Waals surface area contributed by atoms with Crippen molar-refractivity contribution in [2.45, 2.75) is 37.7 Å². The minimum Gasteiger partial charge on any atom is -0.381 e. The van der Waals surface area contributed by atoms with Gasteiger partial charge >= 0.3 is 0 Å². The lowest BCUT2D eigenvalue weighted by atomic mass is 9.82. The highest BCUT2D eigenvalue weighted by Crippen LogP contribution is 2.30. The Bertz CT molecular complexity index is 252. The Morgan fingerprint density at radius 2 is 1.76 bits per heavy atom. The minimum absolute atomic E-state index is 0.259. The lowest BCUT2D eigenvalue weighted by Crippen LogP contribution is -2.46. The van der Waals surface area contributed by atoms with Gasteiger partial charge in [-0.25, -0.2) is 0 Å². The average molecular weight is 242 g/mol. The summed E-state index contributed by atoms with van der Waals surface area (Å²) in [6.45, 7) is 2.85. The van der Waals surface area contributed by atoms with E-state index in [9.17, 15) is 4.79 Å². The van der Waals surface area contributed by atoms with Crippen molar-refractivity contribution in [3.8, 4) is 0 Å². The summed E-state index contributed by atoms with van der Waals surface area (Å²) in [5, 5.41) is 0. The molecule has 0 N–H and O–H groups in total. The Labute approximate surface area is 103 Å². The van der Waals surface area contributed by atoms with Gasteiger partial charge in [0.15, 0.2) is 5.78 Å². The van der Waals surface area contributed by atoms with E-state index in [0.29, 0.717) is 38.4 Å². The summed E-state index contributed by atoms with van der Waals surface area (Å²) in [5.41, 5.74) is -0.573. The van der Waals surface area contributed by atoms with Crippen molar-refractivity contribution in [3.05, 3.63) is 0 Å². The molecular formula is C13H22O4. The Morgan fingerprint density at radius 1 is 1.18 bits per heavy atom. The fourth-order valence-electron chi connectivity index (χ4n) is 2.70. The SMILES string of the molecule is COC1(C(=O)CC2CCOCC2)CCOCC1. The predicted octanol–water partition coefficient (Wildman–Crippen LogP) is 1.57. The van der Waals surface area contributed by atoms with E-state index in [1.807, 2.05) is 0 Å². The molecular weight excluding hydrogens is 220 g/mol. The van der Waals surface area contributed by atoms with Crippen molar-refractivity contribution >= 4 is 5.78 Å². The third-order valence-corrected chi connectivity index (χ3v) is 4.01. The molecule has 0 bridgehead atoms. The monoisotopic (exact) mass is 242 g/mol. The number of carbonyl (C=O) groups excluding carboxylic acids is 1. The molecule has 0 atom stereocenters. The van der Waals surface area contributed by atoms with E-state index in [4.69, 9.17) is 14.2 Å². The quantitative estimate of drug-likeness (QED) is 0.750. The van der Waals surface area contributed by atoms with E-state index in [1.165, 1.54) is 0 Å². The van der Waals surface area contributed by atoms with E-state index in [1.54, 1.807) is 7.11 Å². The molecule has 0 saturated carbocycles. The lowest BCUT2D eigenvalue weighted by Gasteiger charge is -2.35. The first kappa shape index (κ1) is 13.0. The molecule has 2 aliphatic rings. The standard InChI is InChI=1S/C13H22O4/c1-15-13(4-8-17-9-5-13)12(14)10-11-2-6-16-7-3-11/h11H,2-10H2,1H3. The number of ether oxygens (including phenoxy) is 3. The second-order valence-electron chi connectivity index (χ2n) is 4.99. The summed E-state index contributed by atoms with van der Waals surface area (Å²) in [5.74, 6) is 0.737.